The largest absolute Gasteiger partial charge is 0.495 e. The number of para-hydroxylation sites is 1. The number of hydrogen-bond acceptors (Lipinski definition) is 6. The maximum atomic E-state index is 12.5. The average molecular weight is 419 g/mol. The van der Waals surface area contributed by atoms with E-state index in [1.807, 2.05) is 0 Å². The summed E-state index contributed by atoms with van der Waals surface area (Å²) in [6.07, 6.45) is 0. The van der Waals surface area contributed by atoms with Crippen LogP contribution in [-0.4, -0.2) is 33.9 Å². The van der Waals surface area contributed by atoms with Crippen molar-refractivity contribution in [1.29, 1.82) is 0 Å². The number of hydrogen-bond donors (Lipinski definition) is 1. The van der Waals surface area contributed by atoms with Crippen molar-refractivity contribution >= 4 is 21.8 Å². The first-order valence-electron chi connectivity index (χ1n) is 8.96. The van der Waals surface area contributed by atoms with Gasteiger partial charge in [-0.15, -0.1) is 0 Å². The van der Waals surface area contributed by atoms with Crippen molar-refractivity contribution in [3.05, 3.63) is 59.7 Å². The molecule has 0 bridgehead atoms. The summed E-state index contributed by atoms with van der Waals surface area (Å²) >= 11 is 0. The van der Waals surface area contributed by atoms with Crippen molar-refractivity contribution in [1.82, 2.24) is 4.72 Å². The summed E-state index contributed by atoms with van der Waals surface area (Å²) in [6.45, 7) is 5.01. The Kier molecular flexibility index (Phi) is 7.16. The second-order valence-corrected chi connectivity index (χ2v) is 9.16. The molecule has 0 amide bonds. The summed E-state index contributed by atoms with van der Waals surface area (Å²) in [7, 11) is -2.36. The minimum Gasteiger partial charge on any atom is -0.495 e. The van der Waals surface area contributed by atoms with Crippen molar-refractivity contribution in [2.75, 3.05) is 13.7 Å². The van der Waals surface area contributed by atoms with Crippen molar-refractivity contribution in [2.45, 2.75) is 32.2 Å². The van der Waals surface area contributed by atoms with Gasteiger partial charge in [0.1, 0.15) is 10.6 Å². The molecule has 7 nitrogen and oxygen atoms in total. The topological polar surface area (TPSA) is 98.8 Å². The van der Waals surface area contributed by atoms with Crippen LogP contribution in [0.1, 0.15) is 36.7 Å². The lowest BCUT2D eigenvalue weighted by Crippen LogP contribution is -2.26. The van der Waals surface area contributed by atoms with Crippen LogP contribution >= 0.6 is 0 Å². The van der Waals surface area contributed by atoms with Gasteiger partial charge in [0, 0.05) is 12.0 Å². The number of benzene rings is 2. The molecule has 1 N–H and O–H groups in total. The van der Waals surface area contributed by atoms with Crippen LogP contribution < -0.4 is 9.46 Å². The molecule has 0 aliphatic carbocycles. The fourth-order valence-electron chi connectivity index (χ4n) is 2.29. The Labute approximate surface area is 171 Å². The summed E-state index contributed by atoms with van der Waals surface area (Å²) in [5, 5.41) is 0. The monoisotopic (exact) mass is 419 g/mol. The number of carbonyl (C=O) groups is 2. The number of methoxy groups -OCH3 is 1. The first-order valence-corrected chi connectivity index (χ1v) is 10.4. The number of esters is 1. The highest BCUT2D eigenvalue weighted by Gasteiger charge is 2.23. The molecule has 8 heteroatoms. The molecule has 0 aliphatic rings. The van der Waals surface area contributed by atoms with Crippen LogP contribution in [0.4, 0.5) is 0 Å². The maximum Gasteiger partial charge on any atom is 0.338 e. The van der Waals surface area contributed by atoms with Gasteiger partial charge in [-0.25, -0.2) is 17.9 Å². The van der Waals surface area contributed by atoms with Crippen LogP contribution in [0.25, 0.3) is 0 Å². The number of rotatable bonds is 8. The Balaban J connectivity index is 1.98. The third-order valence-corrected chi connectivity index (χ3v) is 5.63. The van der Waals surface area contributed by atoms with Gasteiger partial charge in [0.15, 0.2) is 12.4 Å². The zero-order chi connectivity index (χ0) is 21.7. The Morgan fingerprint density at radius 2 is 1.62 bits per heavy atom. The third-order valence-electron chi connectivity index (χ3n) is 4.19. The van der Waals surface area contributed by atoms with Crippen LogP contribution in [-0.2, 0) is 26.1 Å². The van der Waals surface area contributed by atoms with E-state index in [0.717, 1.165) is 0 Å². The van der Waals surface area contributed by atoms with Crippen molar-refractivity contribution in [3.8, 4) is 5.75 Å². The Bertz CT molecular complexity index is 975. The molecule has 0 fully saturated rings. The van der Waals surface area contributed by atoms with Gasteiger partial charge in [-0.05, 0) is 29.8 Å². The highest BCUT2D eigenvalue weighted by molar-refractivity contribution is 7.89. The average Bonchev–Trinajstić information content (AvgIpc) is 2.69. The first kappa shape index (κ1) is 22.6. The lowest BCUT2D eigenvalue weighted by atomic mass is 9.91. The normalized spacial score (nSPS) is 11.7. The van der Waals surface area contributed by atoms with E-state index in [0.29, 0.717) is 5.56 Å². The van der Waals surface area contributed by atoms with E-state index in [4.69, 9.17) is 9.47 Å². The van der Waals surface area contributed by atoms with Gasteiger partial charge >= 0.3 is 5.97 Å². The van der Waals surface area contributed by atoms with E-state index in [2.05, 4.69) is 4.72 Å². The second kappa shape index (κ2) is 9.19. The minimum absolute atomic E-state index is 0.0399. The zero-order valence-corrected chi connectivity index (χ0v) is 17.7. The molecule has 156 valence electrons. The number of ether oxygens (including phenoxy) is 2. The van der Waals surface area contributed by atoms with E-state index in [-0.39, 0.29) is 35.1 Å². The molecule has 0 aliphatic heterocycles. The molecule has 2 aromatic rings. The highest BCUT2D eigenvalue weighted by Crippen LogP contribution is 2.22. The second-order valence-electron chi connectivity index (χ2n) is 7.42. The van der Waals surface area contributed by atoms with Gasteiger partial charge in [0.2, 0.25) is 10.0 Å². The van der Waals surface area contributed by atoms with Gasteiger partial charge in [-0.3, -0.25) is 4.79 Å². The minimum atomic E-state index is -3.76. The zero-order valence-electron chi connectivity index (χ0n) is 16.9. The van der Waals surface area contributed by atoms with Crippen molar-refractivity contribution in [3.63, 3.8) is 0 Å². The fraction of sp³-hybridized carbons (Fsp3) is 0.333. The van der Waals surface area contributed by atoms with E-state index < -0.39 is 21.4 Å². The van der Waals surface area contributed by atoms with Crippen LogP contribution in [0.15, 0.2) is 53.4 Å². The van der Waals surface area contributed by atoms with E-state index in [1.54, 1.807) is 51.1 Å². The Morgan fingerprint density at radius 1 is 1.00 bits per heavy atom. The van der Waals surface area contributed by atoms with Crippen LogP contribution in [0.5, 0.6) is 5.75 Å². The molecule has 29 heavy (non-hydrogen) atoms. The molecule has 0 spiro atoms. The van der Waals surface area contributed by atoms with Gasteiger partial charge in [-0.1, -0.05) is 45.0 Å². The lowest BCUT2D eigenvalue weighted by molar-refractivity contribution is -0.129. The molecule has 0 saturated carbocycles. The molecule has 0 radical (unpaired) electrons. The number of Topliss-reactive ketones (excluding diaryl/α,β-unsaturated/α-hetero) is 1. The first-order chi connectivity index (χ1) is 13.5. The van der Waals surface area contributed by atoms with Crippen molar-refractivity contribution in [2.24, 2.45) is 5.41 Å². The van der Waals surface area contributed by atoms with E-state index in [1.165, 1.54) is 25.3 Å². The predicted molar refractivity (Wildman–Crippen MR) is 108 cm³/mol. The Hall–Kier alpha value is -2.71. The molecule has 0 heterocycles. The van der Waals surface area contributed by atoms with Gasteiger partial charge in [0.25, 0.3) is 0 Å². The van der Waals surface area contributed by atoms with E-state index in [9.17, 15) is 18.0 Å². The Morgan fingerprint density at radius 3 is 2.21 bits per heavy atom. The standard InChI is InChI=1S/C21H25NO6S/c1-21(2,3)19(23)14-28-20(24)16-11-9-15(10-12-16)13-22-29(25,26)18-8-6-5-7-17(18)27-4/h5-12,22H,13-14H2,1-4H3. The van der Waals surface area contributed by atoms with Gasteiger partial charge in [-0.2, -0.15) is 0 Å². The smallest absolute Gasteiger partial charge is 0.338 e. The number of sulfonamides is 1. The molecule has 2 rings (SSSR count). The van der Waals surface area contributed by atoms with E-state index >= 15 is 0 Å². The summed E-state index contributed by atoms with van der Waals surface area (Å²) in [4.78, 5) is 24.0. The van der Waals surface area contributed by atoms with Crippen LogP contribution in [0.2, 0.25) is 0 Å². The SMILES string of the molecule is COc1ccccc1S(=O)(=O)NCc1ccc(C(=O)OCC(=O)C(C)(C)C)cc1. The summed E-state index contributed by atoms with van der Waals surface area (Å²) in [6, 6.07) is 12.6. The third kappa shape index (κ3) is 6.13. The molecular weight excluding hydrogens is 394 g/mol. The fourth-order valence-corrected chi connectivity index (χ4v) is 3.47. The highest BCUT2D eigenvalue weighted by atomic mass is 32.2. The van der Waals surface area contributed by atoms with Crippen LogP contribution in [0.3, 0.4) is 0 Å². The van der Waals surface area contributed by atoms with Crippen LogP contribution in [0, 0.1) is 5.41 Å². The number of nitrogens with one attached hydrogen (secondary N) is 1. The molecule has 0 saturated heterocycles. The molecule has 2 aromatic carbocycles. The molecule has 0 unspecified atom stereocenters. The van der Waals surface area contributed by atoms with Gasteiger partial charge in [0.05, 0.1) is 12.7 Å². The molecular formula is C21H25NO6S. The number of ketones is 1. The molecule has 0 aromatic heterocycles. The van der Waals surface area contributed by atoms with Crippen molar-refractivity contribution < 1.29 is 27.5 Å². The summed E-state index contributed by atoms with van der Waals surface area (Å²) in [5.41, 5.74) is 0.358. The molecule has 0 atom stereocenters. The predicted octanol–water partition coefficient (Wildman–Crippen LogP) is 2.95. The lowest BCUT2D eigenvalue weighted by Gasteiger charge is -2.16. The summed E-state index contributed by atoms with van der Waals surface area (Å²) < 4.78 is 37.6. The quantitative estimate of drug-likeness (QED) is 0.661. The number of carbonyl (C=O) groups excluding carboxylic acids is 2. The maximum absolute atomic E-state index is 12.5. The van der Waals surface area contributed by atoms with Gasteiger partial charge < -0.3 is 9.47 Å². The summed E-state index contributed by atoms with van der Waals surface area (Å²) in [5.74, 6) is -0.528.